The maximum Gasteiger partial charge on any atom is 0.237 e. The highest BCUT2D eigenvalue weighted by molar-refractivity contribution is 7.21. The quantitative estimate of drug-likeness (QED) is 0.527. The lowest BCUT2D eigenvalue weighted by atomic mass is 10.2. The first kappa shape index (κ1) is 13.2. The van der Waals surface area contributed by atoms with Gasteiger partial charge in [-0.25, -0.2) is 9.97 Å². The Morgan fingerprint density at radius 1 is 1.32 bits per heavy atom. The Morgan fingerprint density at radius 3 is 3.09 bits per heavy atom. The molecule has 0 spiro atoms. The number of benzene rings is 1. The van der Waals surface area contributed by atoms with Gasteiger partial charge in [0.15, 0.2) is 0 Å². The number of fused-ring (bicyclic) bond motifs is 3. The Bertz CT molecular complexity index is 1040. The molecule has 1 aromatic carbocycles. The van der Waals surface area contributed by atoms with Crippen LogP contribution in [0.2, 0.25) is 0 Å². The van der Waals surface area contributed by atoms with Crippen LogP contribution in [0.3, 0.4) is 0 Å². The van der Waals surface area contributed by atoms with E-state index < -0.39 is 0 Å². The third kappa shape index (κ3) is 2.03. The summed E-state index contributed by atoms with van der Waals surface area (Å²) in [6, 6.07) is 9.51. The summed E-state index contributed by atoms with van der Waals surface area (Å²) in [5.41, 5.74) is 1.44. The molecule has 4 nitrogen and oxygen atoms in total. The summed E-state index contributed by atoms with van der Waals surface area (Å²) in [5.74, 6) is 1.04. The van der Waals surface area contributed by atoms with Crippen LogP contribution in [0.4, 0.5) is 0 Å². The number of thiazole rings is 1. The number of nitriles is 1. The van der Waals surface area contributed by atoms with Crippen molar-refractivity contribution in [1.82, 2.24) is 9.97 Å². The van der Waals surface area contributed by atoms with Crippen molar-refractivity contribution in [3.8, 4) is 17.7 Å². The summed E-state index contributed by atoms with van der Waals surface area (Å²) in [4.78, 5) is 8.77. The van der Waals surface area contributed by atoms with Crippen LogP contribution < -0.4 is 4.74 Å². The average Bonchev–Trinajstić information content (AvgIpc) is 3.13. The SMILES string of the molecule is Cc1nc2c(cc(Oc3ncccc3C#N)c3ccsc32)s1. The molecule has 3 aromatic heterocycles. The molecule has 4 rings (SSSR count). The second-order valence-electron chi connectivity index (χ2n) is 4.69. The molecule has 3 heterocycles. The largest absolute Gasteiger partial charge is 0.437 e. The monoisotopic (exact) mass is 323 g/mol. The minimum atomic E-state index is 0.332. The van der Waals surface area contributed by atoms with E-state index in [-0.39, 0.29) is 0 Å². The molecule has 4 aromatic rings. The zero-order chi connectivity index (χ0) is 15.1. The van der Waals surface area contributed by atoms with Gasteiger partial charge in [-0.3, -0.25) is 0 Å². The molecule has 0 saturated carbocycles. The number of pyridine rings is 1. The molecule has 0 aliphatic rings. The van der Waals surface area contributed by atoms with E-state index in [1.54, 1.807) is 41.0 Å². The van der Waals surface area contributed by atoms with Crippen LogP contribution in [0.1, 0.15) is 10.6 Å². The predicted octanol–water partition coefficient (Wildman–Crippen LogP) is 4.88. The summed E-state index contributed by atoms with van der Waals surface area (Å²) in [5, 5.41) is 13.2. The summed E-state index contributed by atoms with van der Waals surface area (Å²) in [6.45, 7) is 2.00. The highest BCUT2D eigenvalue weighted by atomic mass is 32.1. The third-order valence-corrected chi connectivity index (χ3v) is 5.11. The number of aromatic nitrogens is 2. The molecule has 22 heavy (non-hydrogen) atoms. The third-order valence-electron chi connectivity index (χ3n) is 3.27. The van der Waals surface area contributed by atoms with Gasteiger partial charge in [0.05, 0.1) is 19.9 Å². The van der Waals surface area contributed by atoms with Crippen molar-refractivity contribution in [3.63, 3.8) is 0 Å². The molecule has 0 amide bonds. The number of nitrogens with zero attached hydrogens (tertiary/aromatic N) is 3. The van der Waals surface area contributed by atoms with Gasteiger partial charge < -0.3 is 4.74 Å². The smallest absolute Gasteiger partial charge is 0.237 e. The van der Waals surface area contributed by atoms with E-state index in [0.29, 0.717) is 17.2 Å². The van der Waals surface area contributed by atoms with Crippen LogP contribution in [-0.4, -0.2) is 9.97 Å². The van der Waals surface area contributed by atoms with Crippen molar-refractivity contribution >= 4 is 43.0 Å². The van der Waals surface area contributed by atoms with E-state index in [1.165, 1.54) is 0 Å². The Labute approximate surface area is 134 Å². The van der Waals surface area contributed by atoms with Crippen molar-refractivity contribution in [3.05, 3.63) is 46.4 Å². The van der Waals surface area contributed by atoms with Crippen molar-refractivity contribution < 1.29 is 4.74 Å². The van der Waals surface area contributed by atoms with Crippen molar-refractivity contribution in [2.45, 2.75) is 6.92 Å². The van der Waals surface area contributed by atoms with Gasteiger partial charge in [0, 0.05) is 17.6 Å². The van der Waals surface area contributed by atoms with Crippen LogP contribution in [0.5, 0.6) is 11.6 Å². The Morgan fingerprint density at radius 2 is 2.23 bits per heavy atom. The number of rotatable bonds is 2. The van der Waals surface area contributed by atoms with Gasteiger partial charge in [-0.15, -0.1) is 22.7 Å². The normalized spacial score (nSPS) is 10.9. The van der Waals surface area contributed by atoms with Crippen LogP contribution in [-0.2, 0) is 0 Å². The maximum atomic E-state index is 9.17. The van der Waals surface area contributed by atoms with E-state index in [2.05, 4.69) is 16.0 Å². The molecule has 0 atom stereocenters. The van der Waals surface area contributed by atoms with Gasteiger partial charge >= 0.3 is 0 Å². The number of ether oxygens (including phenoxy) is 1. The minimum Gasteiger partial charge on any atom is -0.437 e. The van der Waals surface area contributed by atoms with E-state index in [4.69, 9.17) is 10.00 Å². The number of hydrogen-bond acceptors (Lipinski definition) is 6. The van der Waals surface area contributed by atoms with E-state index in [1.807, 2.05) is 24.4 Å². The van der Waals surface area contributed by atoms with Crippen LogP contribution in [0.25, 0.3) is 20.3 Å². The number of hydrogen-bond donors (Lipinski definition) is 0. The van der Waals surface area contributed by atoms with E-state index in [9.17, 15) is 0 Å². The van der Waals surface area contributed by atoms with E-state index >= 15 is 0 Å². The van der Waals surface area contributed by atoms with Gasteiger partial charge in [0.25, 0.3) is 0 Å². The second-order valence-corrected chi connectivity index (χ2v) is 6.84. The molecule has 106 valence electrons. The zero-order valence-electron chi connectivity index (χ0n) is 11.5. The molecule has 0 unspecified atom stereocenters. The first-order valence-electron chi connectivity index (χ1n) is 6.56. The van der Waals surface area contributed by atoms with Gasteiger partial charge in [0.1, 0.15) is 17.4 Å². The van der Waals surface area contributed by atoms with Gasteiger partial charge in [-0.1, -0.05) is 0 Å². The zero-order valence-corrected chi connectivity index (χ0v) is 13.2. The maximum absolute atomic E-state index is 9.17. The highest BCUT2D eigenvalue weighted by Crippen LogP contribution is 2.40. The summed E-state index contributed by atoms with van der Waals surface area (Å²) in [7, 11) is 0. The molecule has 0 aliphatic carbocycles. The molecule has 0 bridgehead atoms. The molecule has 0 aliphatic heterocycles. The molecule has 0 N–H and O–H groups in total. The number of aryl methyl sites for hydroxylation is 1. The summed E-state index contributed by atoms with van der Waals surface area (Å²) < 4.78 is 8.12. The lowest BCUT2D eigenvalue weighted by Gasteiger charge is -2.07. The molecule has 0 radical (unpaired) electrons. The van der Waals surface area contributed by atoms with Crippen LogP contribution in [0, 0.1) is 18.3 Å². The lowest BCUT2D eigenvalue weighted by Crippen LogP contribution is -1.91. The molecule has 0 saturated heterocycles. The first-order valence-corrected chi connectivity index (χ1v) is 8.26. The van der Waals surface area contributed by atoms with Crippen molar-refractivity contribution in [2.75, 3.05) is 0 Å². The molecule has 0 fully saturated rings. The fraction of sp³-hybridized carbons (Fsp3) is 0.0625. The van der Waals surface area contributed by atoms with Gasteiger partial charge in [0.2, 0.25) is 5.88 Å². The predicted molar refractivity (Wildman–Crippen MR) is 88.8 cm³/mol. The lowest BCUT2D eigenvalue weighted by molar-refractivity contribution is 0.467. The van der Waals surface area contributed by atoms with Crippen molar-refractivity contribution in [2.24, 2.45) is 0 Å². The fourth-order valence-electron chi connectivity index (χ4n) is 2.33. The molecule has 6 heteroatoms. The average molecular weight is 323 g/mol. The van der Waals surface area contributed by atoms with Gasteiger partial charge in [-0.05, 0) is 30.5 Å². The molecular weight excluding hydrogens is 314 g/mol. The standard InChI is InChI=1S/C16H9N3OS2/c1-9-19-14-13(22-9)7-12(11-4-6-21-15(11)14)20-16-10(8-17)3-2-5-18-16/h2-7H,1H3. The first-order chi connectivity index (χ1) is 10.8. The Hall–Kier alpha value is -2.49. The topological polar surface area (TPSA) is 58.8 Å². The Kier molecular flexibility index (Phi) is 3.03. The fourth-order valence-corrected chi connectivity index (χ4v) is 4.17. The number of thiophene rings is 1. The summed E-state index contributed by atoms with van der Waals surface area (Å²) >= 11 is 3.28. The second kappa shape index (κ2) is 5.05. The van der Waals surface area contributed by atoms with E-state index in [0.717, 1.165) is 25.3 Å². The summed E-state index contributed by atoms with van der Waals surface area (Å²) in [6.07, 6.45) is 1.62. The van der Waals surface area contributed by atoms with Gasteiger partial charge in [-0.2, -0.15) is 5.26 Å². The van der Waals surface area contributed by atoms with Crippen LogP contribution in [0.15, 0.2) is 35.8 Å². The molecular formula is C16H9N3OS2. The minimum absolute atomic E-state index is 0.332. The Balaban J connectivity index is 1.93. The van der Waals surface area contributed by atoms with Crippen molar-refractivity contribution in [1.29, 1.82) is 5.26 Å². The highest BCUT2D eigenvalue weighted by Gasteiger charge is 2.14. The van der Waals surface area contributed by atoms with Crippen LogP contribution >= 0.6 is 22.7 Å².